The van der Waals surface area contributed by atoms with Crippen LogP contribution in [0.3, 0.4) is 0 Å². The summed E-state index contributed by atoms with van der Waals surface area (Å²) in [7, 11) is 0. The van der Waals surface area contributed by atoms with E-state index in [9.17, 15) is 4.39 Å². The first-order chi connectivity index (χ1) is 6.59. The molecule has 2 rings (SSSR count). The Hall–Kier alpha value is -0.670. The van der Waals surface area contributed by atoms with Crippen LogP contribution in [-0.2, 0) is 0 Å². The molecular formula is C10H6BrClFN. The fraction of sp³-hybridized carbons (Fsp3) is 0.100. The van der Waals surface area contributed by atoms with E-state index in [1.54, 1.807) is 6.07 Å². The predicted molar refractivity (Wildman–Crippen MR) is 59.1 cm³/mol. The van der Waals surface area contributed by atoms with Gasteiger partial charge >= 0.3 is 0 Å². The standard InChI is InChI=1S/C10H6BrClFN/c1-5-10(12)9(11)7-4-6(13)2-3-8(7)14-5/h2-4H,1H3. The maximum absolute atomic E-state index is 13.0. The molecule has 0 saturated carbocycles. The Bertz CT molecular complexity index is 513. The highest BCUT2D eigenvalue weighted by atomic mass is 79.9. The number of aryl methyl sites for hydroxylation is 1. The molecule has 0 atom stereocenters. The third kappa shape index (κ3) is 1.51. The molecule has 0 aliphatic rings. The monoisotopic (exact) mass is 273 g/mol. The summed E-state index contributed by atoms with van der Waals surface area (Å²) in [6.07, 6.45) is 0. The van der Waals surface area contributed by atoms with Gasteiger partial charge in [0.15, 0.2) is 0 Å². The molecule has 72 valence electrons. The summed E-state index contributed by atoms with van der Waals surface area (Å²) in [6, 6.07) is 4.44. The van der Waals surface area contributed by atoms with Crippen LogP contribution in [0.4, 0.5) is 4.39 Å². The highest BCUT2D eigenvalue weighted by Crippen LogP contribution is 2.32. The van der Waals surface area contributed by atoms with Crippen molar-refractivity contribution in [3.8, 4) is 0 Å². The fourth-order valence-electron chi connectivity index (χ4n) is 1.29. The van der Waals surface area contributed by atoms with Gasteiger partial charge in [-0.1, -0.05) is 11.6 Å². The van der Waals surface area contributed by atoms with E-state index < -0.39 is 0 Å². The lowest BCUT2D eigenvalue weighted by Crippen LogP contribution is -1.88. The number of fused-ring (bicyclic) bond motifs is 1. The van der Waals surface area contributed by atoms with E-state index in [0.29, 0.717) is 14.9 Å². The summed E-state index contributed by atoms with van der Waals surface area (Å²) in [5, 5.41) is 1.23. The third-order valence-corrected chi connectivity index (χ3v) is 3.51. The van der Waals surface area contributed by atoms with Crippen LogP contribution < -0.4 is 0 Å². The molecule has 0 amide bonds. The molecule has 0 saturated heterocycles. The highest BCUT2D eigenvalue weighted by molar-refractivity contribution is 9.10. The molecule has 0 radical (unpaired) electrons. The topological polar surface area (TPSA) is 12.9 Å². The SMILES string of the molecule is Cc1nc2ccc(F)cc2c(Br)c1Cl. The second kappa shape index (κ2) is 3.48. The van der Waals surface area contributed by atoms with Gasteiger partial charge in [0.25, 0.3) is 0 Å². The number of nitrogens with zero attached hydrogens (tertiary/aromatic N) is 1. The molecule has 0 aliphatic carbocycles. The number of hydrogen-bond acceptors (Lipinski definition) is 1. The van der Waals surface area contributed by atoms with E-state index in [-0.39, 0.29) is 5.82 Å². The third-order valence-electron chi connectivity index (χ3n) is 1.99. The van der Waals surface area contributed by atoms with Crippen LogP contribution >= 0.6 is 27.5 Å². The van der Waals surface area contributed by atoms with E-state index >= 15 is 0 Å². The number of rotatable bonds is 0. The summed E-state index contributed by atoms with van der Waals surface area (Å²) >= 11 is 9.30. The molecule has 0 unspecified atom stereocenters. The quantitative estimate of drug-likeness (QED) is 0.705. The van der Waals surface area contributed by atoms with Gasteiger partial charge < -0.3 is 0 Å². The van der Waals surface area contributed by atoms with Crippen molar-refractivity contribution in [3.63, 3.8) is 0 Å². The van der Waals surface area contributed by atoms with Crippen molar-refractivity contribution in [2.75, 3.05) is 0 Å². The minimum Gasteiger partial charge on any atom is -0.251 e. The molecular weight excluding hydrogens is 268 g/mol. The molecule has 1 heterocycles. The lowest BCUT2D eigenvalue weighted by atomic mass is 10.2. The lowest BCUT2D eigenvalue weighted by Gasteiger charge is -2.05. The van der Waals surface area contributed by atoms with Gasteiger partial charge in [-0.2, -0.15) is 0 Å². The number of halogens is 3. The summed E-state index contributed by atoms with van der Waals surface area (Å²) in [6.45, 7) is 1.82. The normalized spacial score (nSPS) is 10.9. The Morgan fingerprint density at radius 3 is 2.86 bits per heavy atom. The van der Waals surface area contributed by atoms with Gasteiger partial charge in [0.05, 0.1) is 16.2 Å². The molecule has 0 N–H and O–H groups in total. The second-order valence-corrected chi connectivity index (χ2v) is 4.16. The van der Waals surface area contributed by atoms with Gasteiger partial charge in [-0.3, -0.25) is 4.98 Å². The first-order valence-corrected chi connectivity index (χ1v) is 5.17. The number of aromatic nitrogens is 1. The van der Waals surface area contributed by atoms with E-state index in [1.807, 2.05) is 6.92 Å². The molecule has 1 aromatic carbocycles. The summed E-state index contributed by atoms with van der Waals surface area (Å²) < 4.78 is 13.7. The second-order valence-electron chi connectivity index (χ2n) is 2.99. The van der Waals surface area contributed by atoms with Crippen LogP contribution in [0.15, 0.2) is 22.7 Å². The lowest BCUT2D eigenvalue weighted by molar-refractivity contribution is 0.629. The number of pyridine rings is 1. The summed E-state index contributed by atoms with van der Waals surface area (Å²) in [5.41, 5.74) is 1.47. The zero-order valence-corrected chi connectivity index (χ0v) is 9.66. The van der Waals surface area contributed by atoms with Crippen molar-refractivity contribution in [1.82, 2.24) is 4.98 Å². The molecule has 1 nitrogen and oxygen atoms in total. The molecule has 1 aromatic heterocycles. The van der Waals surface area contributed by atoms with Crippen LogP contribution in [0, 0.1) is 12.7 Å². The van der Waals surface area contributed by atoms with Crippen LogP contribution in [-0.4, -0.2) is 4.98 Å². The number of hydrogen-bond donors (Lipinski definition) is 0. The Kier molecular flexibility index (Phi) is 2.45. The molecule has 0 fully saturated rings. The van der Waals surface area contributed by atoms with Crippen LogP contribution in [0.25, 0.3) is 10.9 Å². The van der Waals surface area contributed by atoms with Crippen molar-refractivity contribution in [2.24, 2.45) is 0 Å². The largest absolute Gasteiger partial charge is 0.251 e. The molecule has 0 aliphatic heterocycles. The van der Waals surface area contributed by atoms with E-state index in [2.05, 4.69) is 20.9 Å². The van der Waals surface area contributed by atoms with Gasteiger partial charge in [-0.05, 0) is 41.1 Å². The van der Waals surface area contributed by atoms with Crippen molar-refractivity contribution >= 4 is 38.4 Å². The van der Waals surface area contributed by atoms with Gasteiger partial charge in [-0.25, -0.2) is 4.39 Å². The Labute approximate surface area is 94.0 Å². The van der Waals surface area contributed by atoms with Gasteiger partial charge in [0, 0.05) is 9.86 Å². The van der Waals surface area contributed by atoms with Crippen LogP contribution in [0.1, 0.15) is 5.69 Å². The van der Waals surface area contributed by atoms with E-state index in [0.717, 1.165) is 11.2 Å². The first-order valence-electron chi connectivity index (χ1n) is 4.00. The fourth-order valence-corrected chi connectivity index (χ4v) is 2.04. The predicted octanol–water partition coefficient (Wildman–Crippen LogP) is 4.10. The maximum Gasteiger partial charge on any atom is 0.124 e. The van der Waals surface area contributed by atoms with Crippen molar-refractivity contribution in [1.29, 1.82) is 0 Å². The molecule has 14 heavy (non-hydrogen) atoms. The van der Waals surface area contributed by atoms with Crippen LogP contribution in [0.5, 0.6) is 0 Å². The van der Waals surface area contributed by atoms with Crippen LogP contribution in [0.2, 0.25) is 5.02 Å². The molecule has 4 heteroatoms. The van der Waals surface area contributed by atoms with Gasteiger partial charge in [0.1, 0.15) is 5.82 Å². The van der Waals surface area contributed by atoms with Gasteiger partial charge in [0.2, 0.25) is 0 Å². The Balaban J connectivity index is 2.92. The average molecular weight is 275 g/mol. The van der Waals surface area contributed by atoms with E-state index in [4.69, 9.17) is 11.6 Å². The van der Waals surface area contributed by atoms with E-state index in [1.165, 1.54) is 12.1 Å². The van der Waals surface area contributed by atoms with Crippen molar-refractivity contribution < 1.29 is 4.39 Å². The Morgan fingerprint density at radius 2 is 2.14 bits per heavy atom. The van der Waals surface area contributed by atoms with Gasteiger partial charge in [-0.15, -0.1) is 0 Å². The molecule has 0 bridgehead atoms. The molecule has 2 aromatic rings. The average Bonchev–Trinajstić information content (AvgIpc) is 2.16. The highest BCUT2D eigenvalue weighted by Gasteiger charge is 2.08. The smallest absolute Gasteiger partial charge is 0.124 e. The zero-order valence-electron chi connectivity index (χ0n) is 7.31. The maximum atomic E-state index is 13.0. The molecule has 0 spiro atoms. The van der Waals surface area contributed by atoms with Crippen molar-refractivity contribution in [2.45, 2.75) is 6.92 Å². The van der Waals surface area contributed by atoms with Crippen molar-refractivity contribution in [3.05, 3.63) is 39.2 Å². The summed E-state index contributed by atoms with van der Waals surface area (Å²) in [4.78, 5) is 4.25. The minimum atomic E-state index is -0.292. The first kappa shape index (κ1) is 9.87. The summed E-state index contributed by atoms with van der Waals surface area (Å²) in [5.74, 6) is -0.292. The Morgan fingerprint density at radius 1 is 1.43 bits per heavy atom. The zero-order chi connectivity index (χ0) is 10.3. The minimum absolute atomic E-state index is 0.292. The number of benzene rings is 1.